The maximum Gasteiger partial charge on any atom is 0.238 e. The molecule has 1 unspecified atom stereocenters. The van der Waals surface area contributed by atoms with Crippen molar-refractivity contribution in [3.8, 4) is 23.0 Å². The van der Waals surface area contributed by atoms with E-state index in [4.69, 9.17) is 19.8 Å². The van der Waals surface area contributed by atoms with Crippen LogP contribution in [0.15, 0.2) is 30.0 Å². The number of β-amino-alcohol motifs (C(OH)–C–C–N with tert-alkyl or cyclic N) is 1. The quantitative estimate of drug-likeness (QED) is 0.512. The van der Waals surface area contributed by atoms with Gasteiger partial charge in [-0.05, 0) is 38.3 Å². The van der Waals surface area contributed by atoms with E-state index in [0.717, 1.165) is 58.7 Å². The van der Waals surface area contributed by atoms with Crippen molar-refractivity contribution >= 4 is 22.3 Å². The lowest BCUT2D eigenvalue weighted by molar-refractivity contribution is 0.147. The molecule has 0 aromatic carbocycles. The van der Waals surface area contributed by atoms with E-state index in [2.05, 4.69) is 9.88 Å². The fourth-order valence-corrected chi connectivity index (χ4v) is 5.39. The molecule has 1 aliphatic heterocycles. The van der Waals surface area contributed by atoms with E-state index in [1.807, 2.05) is 39.9 Å². The highest BCUT2D eigenvalue weighted by molar-refractivity contribution is 7.14. The number of pyridine rings is 1. The highest BCUT2D eigenvalue weighted by Gasteiger charge is 2.33. The second-order valence-electron chi connectivity index (χ2n) is 8.21. The molecule has 0 amide bonds. The molecule has 4 aromatic rings. The lowest BCUT2D eigenvalue weighted by Gasteiger charge is -2.31. The number of hydrogen-bond acceptors (Lipinski definition) is 8. The van der Waals surface area contributed by atoms with E-state index < -0.39 is 6.10 Å². The molecule has 0 radical (unpaired) electrons. The Morgan fingerprint density at radius 3 is 2.88 bits per heavy atom. The van der Waals surface area contributed by atoms with E-state index in [1.165, 1.54) is 5.56 Å². The van der Waals surface area contributed by atoms with Crippen molar-refractivity contribution in [2.45, 2.75) is 38.8 Å². The Bertz CT molecular complexity index is 1310. The number of aliphatic hydroxyl groups excluding tert-OH is 1. The van der Waals surface area contributed by atoms with Crippen LogP contribution in [-0.4, -0.2) is 54.2 Å². The van der Waals surface area contributed by atoms with Gasteiger partial charge in [-0.1, -0.05) is 0 Å². The Morgan fingerprint density at radius 1 is 1.16 bits per heavy atom. The van der Waals surface area contributed by atoms with Crippen LogP contribution >= 0.6 is 11.3 Å². The summed E-state index contributed by atoms with van der Waals surface area (Å²) in [6.45, 7) is 2.99. The standard InChI is InChI=1S/C22H23N7O2S/c1-13-8-27(12-23-13)19-7-6-17(24-20(19)31-2)18-11-32-22(25-18)28-9-14(30)10-29-21(28)15-4-3-5-16(15)26-29/h6-8,11-12,14,30H,3-5,9-10H2,1-2H3. The number of fused-ring (bicyclic) bond motifs is 3. The van der Waals surface area contributed by atoms with Crippen LogP contribution in [0.3, 0.4) is 0 Å². The summed E-state index contributed by atoms with van der Waals surface area (Å²) < 4.78 is 9.40. The first kappa shape index (κ1) is 19.4. The molecule has 5 heterocycles. The van der Waals surface area contributed by atoms with Gasteiger partial charge in [0.1, 0.15) is 17.2 Å². The number of thiazole rings is 1. The van der Waals surface area contributed by atoms with Gasteiger partial charge in [0, 0.05) is 17.1 Å². The van der Waals surface area contributed by atoms with Crippen LogP contribution in [0.2, 0.25) is 0 Å². The van der Waals surface area contributed by atoms with Crippen molar-refractivity contribution in [2.24, 2.45) is 0 Å². The Balaban J connectivity index is 1.36. The van der Waals surface area contributed by atoms with Crippen molar-refractivity contribution in [3.63, 3.8) is 0 Å². The molecule has 2 aliphatic rings. The van der Waals surface area contributed by atoms with Crippen LogP contribution in [-0.2, 0) is 19.4 Å². The summed E-state index contributed by atoms with van der Waals surface area (Å²) in [6, 6.07) is 3.91. The molecule has 0 saturated heterocycles. The third kappa shape index (κ3) is 3.09. The van der Waals surface area contributed by atoms with Gasteiger partial charge in [0.25, 0.3) is 0 Å². The van der Waals surface area contributed by atoms with E-state index in [-0.39, 0.29) is 0 Å². The zero-order valence-corrected chi connectivity index (χ0v) is 18.7. The Kier molecular flexibility index (Phi) is 4.51. The van der Waals surface area contributed by atoms with Crippen molar-refractivity contribution in [3.05, 3.63) is 47.0 Å². The first-order valence-electron chi connectivity index (χ1n) is 10.7. The van der Waals surface area contributed by atoms with Crippen molar-refractivity contribution in [1.29, 1.82) is 0 Å². The fraction of sp³-hybridized carbons (Fsp3) is 0.364. The topological polar surface area (TPSA) is 94.1 Å². The van der Waals surface area contributed by atoms with Crippen LogP contribution in [0.25, 0.3) is 17.1 Å². The molecule has 1 atom stereocenters. The van der Waals surface area contributed by atoms with Crippen LogP contribution < -0.4 is 9.64 Å². The van der Waals surface area contributed by atoms with Crippen molar-refractivity contribution in [2.75, 3.05) is 18.6 Å². The number of methoxy groups -OCH3 is 1. The molecule has 4 aromatic heterocycles. The zero-order valence-electron chi connectivity index (χ0n) is 17.9. The summed E-state index contributed by atoms with van der Waals surface area (Å²) in [5.41, 5.74) is 5.72. The fourth-order valence-electron chi connectivity index (χ4n) is 4.56. The van der Waals surface area contributed by atoms with E-state index in [0.29, 0.717) is 19.0 Å². The third-order valence-electron chi connectivity index (χ3n) is 5.99. The molecule has 164 valence electrons. The van der Waals surface area contributed by atoms with Gasteiger partial charge in [0.05, 0.1) is 49.7 Å². The largest absolute Gasteiger partial charge is 0.479 e. The number of imidazole rings is 1. The monoisotopic (exact) mass is 449 g/mol. The van der Waals surface area contributed by atoms with Crippen LogP contribution in [0.4, 0.5) is 10.9 Å². The maximum atomic E-state index is 10.4. The van der Waals surface area contributed by atoms with Crippen molar-refractivity contribution < 1.29 is 9.84 Å². The molecule has 1 aliphatic carbocycles. The number of aliphatic hydroxyl groups is 1. The minimum Gasteiger partial charge on any atom is -0.479 e. The Labute approximate surface area is 189 Å². The molecular weight excluding hydrogens is 426 g/mol. The van der Waals surface area contributed by atoms with E-state index in [1.54, 1.807) is 24.8 Å². The molecule has 0 fully saturated rings. The Morgan fingerprint density at radius 2 is 2.06 bits per heavy atom. The number of nitrogens with zero attached hydrogens (tertiary/aromatic N) is 7. The van der Waals surface area contributed by atoms with Gasteiger partial charge in [-0.3, -0.25) is 4.90 Å². The van der Waals surface area contributed by atoms with Gasteiger partial charge in [-0.15, -0.1) is 11.3 Å². The van der Waals surface area contributed by atoms with Crippen LogP contribution in [0.1, 0.15) is 23.4 Å². The molecule has 10 heteroatoms. The lowest BCUT2D eigenvalue weighted by Crippen LogP contribution is -2.39. The van der Waals surface area contributed by atoms with Crippen LogP contribution in [0, 0.1) is 6.92 Å². The summed E-state index contributed by atoms with van der Waals surface area (Å²) in [7, 11) is 1.61. The average molecular weight is 450 g/mol. The summed E-state index contributed by atoms with van der Waals surface area (Å²) in [5, 5.41) is 18.0. The smallest absolute Gasteiger partial charge is 0.238 e. The molecule has 1 N–H and O–H groups in total. The number of ether oxygens (including phenoxy) is 1. The maximum absolute atomic E-state index is 10.4. The average Bonchev–Trinajstić information content (AvgIpc) is 3.56. The molecule has 32 heavy (non-hydrogen) atoms. The minimum absolute atomic E-state index is 0.481. The van der Waals surface area contributed by atoms with E-state index in [9.17, 15) is 5.11 Å². The second-order valence-corrected chi connectivity index (χ2v) is 9.05. The van der Waals surface area contributed by atoms with Crippen molar-refractivity contribution in [1.82, 2.24) is 29.3 Å². The zero-order chi connectivity index (χ0) is 21.8. The predicted molar refractivity (Wildman–Crippen MR) is 121 cm³/mol. The first-order valence-corrected chi connectivity index (χ1v) is 11.5. The number of anilines is 2. The number of aryl methyl sites for hydroxylation is 2. The Hall–Kier alpha value is -3.24. The summed E-state index contributed by atoms with van der Waals surface area (Å²) in [5.74, 6) is 1.60. The van der Waals surface area contributed by atoms with Crippen LogP contribution in [0.5, 0.6) is 5.88 Å². The molecule has 6 rings (SSSR count). The summed E-state index contributed by atoms with van der Waals surface area (Å²) >= 11 is 1.55. The molecule has 0 saturated carbocycles. The molecule has 0 spiro atoms. The molecule has 0 bridgehead atoms. The highest BCUT2D eigenvalue weighted by Crippen LogP contribution is 2.40. The lowest BCUT2D eigenvalue weighted by atomic mass is 10.2. The highest BCUT2D eigenvalue weighted by atomic mass is 32.1. The predicted octanol–water partition coefficient (Wildman–Crippen LogP) is 2.91. The van der Waals surface area contributed by atoms with E-state index >= 15 is 0 Å². The second kappa shape index (κ2) is 7.42. The van der Waals surface area contributed by atoms with Gasteiger partial charge in [0.2, 0.25) is 5.88 Å². The normalized spacial score (nSPS) is 17.5. The molecular formula is C22H23N7O2S. The summed E-state index contributed by atoms with van der Waals surface area (Å²) in [4.78, 5) is 16.0. The van der Waals surface area contributed by atoms with Gasteiger partial charge >= 0.3 is 0 Å². The SMILES string of the molecule is COc1nc(-c2csc(N3CC(O)Cn4nc5c(c43)CCC5)n2)ccc1-n1cnc(C)c1. The third-order valence-corrected chi connectivity index (χ3v) is 6.85. The number of aromatic nitrogens is 6. The van der Waals surface area contributed by atoms with Gasteiger partial charge in [0.15, 0.2) is 5.13 Å². The first-order chi connectivity index (χ1) is 15.6. The molecule has 9 nitrogen and oxygen atoms in total. The minimum atomic E-state index is -0.481. The number of hydrogen-bond donors (Lipinski definition) is 1. The van der Waals surface area contributed by atoms with Gasteiger partial charge in [-0.25, -0.2) is 19.6 Å². The van der Waals surface area contributed by atoms with Gasteiger partial charge < -0.3 is 14.4 Å². The summed E-state index contributed by atoms with van der Waals surface area (Å²) in [6.07, 6.45) is 6.38. The number of rotatable bonds is 4. The van der Waals surface area contributed by atoms with Gasteiger partial charge in [-0.2, -0.15) is 5.10 Å².